The van der Waals surface area contributed by atoms with Crippen LogP contribution in [0.1, 0.15) is 0 Å². The van der Waals surface area contributed by atoms with Crippen LogP contribution in [0.2, 0.25) is 0 Å². The summed E-state index contributed by atoms with van der Waals surface area (Å²) in [5.41, 5.74) is 2.08. The molecule has 5 heteroatoms. The van der Waals surface area contributed by atoms with E-state index in [9.17, 15) is 4.79 Å². The van der Waals surface area contributed by atoms with Gasteiger partial charge >= 0.3 is 6.03 Å². The van der Waals surface area contributed by atoms with E-state index in [1.54, 1.807) is 18.3 Å². The standard InChI is InChI=1S/C22H17N3O2/c26-22(25-20-10-4-6-16-7-5-15-23-21(16)20)24-17-11-13-19(14-12-17)27-18-8-2-1-3-9-18/h1-15H,(H2,24,25,26). The third-order valence-electron chi connectivity index (χ3n) is 3.97. The molecule has 132 valence electrons. The summed E-state index contributed by atoms with van der Waals surface area (Å²) in [6.45, 7) is 0. The lowest BCUT2D eigenvalue weighted by atomic mass is 10.2. The molecule has 3 aromatic carbocycles. The number of hydrogen-bond donors (Lipinski definition) is 2. The Labute approximate surface area is 156 Å². The number of nitrogens with one attached hydrogen (secondary N) is 2. The van der Waals surface area contributed by atoms with Gasteiger partial charge in [0.05, 0.1) is 11.2 Å². The maximum Gasteiger partial charge on any atom is 0.323 e. The van der Waals surface area contributed by atoms with Crippen molar-refractivity contribution in [2.24, 2.45) is 0 Å². The van der Waals surface area contributed by atoms with Crippen molar-refractivity contribution < 1.29 is 9.53 Å². The maximum atomic E-state index is 12.3. The minimum atomic E-state index is -0.329. The van der Waals surface area contributed by atoms with Crippen molar-refractivity contribution in [2.75, 3.05) is 10.6 Å². The molecule has 0 spiro atoms. The first-order valence-electron chi connectivity index (χ1n) is 8.53. The summed E-state index contributed by atoms with van der Waals surface area (Å²) in [6.07, 6.45) is 1.71. The number of hydrogen-bond acceptors (Lipinski definition) is 3. The highest BCUT2D eigenvalue weighted by Gasteiger charge is 2.07. The van der Waals surface area contributed by atoms with Crippen LogP contribution in [0.5, 0.6) is 11.5 Å². The Morgan fingerprint density at radius 3 is 2.30 bits per heavy atom. The molecule has 0 aliphatic carbocycles. The van der Waals surface area contributed by atoms with Crippen molar-refractivity contribution in [1.82, 2.24) is 4.98 Å². The van der Waals surface area contributed by atoms with E-state index in [1.165, 1.54) is 0 Å². The van der Waals surface area contributed by atoms with Crippen LogP contribution in [0.25, 0.3) is 10.9 Å². The second-order valence-electron chi connectivity index (χ2n) is 5.90. The zero-order valence-electron chi connectivity index (χ0n) is 14.4. The molecule has 0 unspecified atom stereocenters. The number of para-hydroxylation sites is 2. The zero-order chi connectivity index (χ0) is 18.5. The normalized spacial score (nSPS) is 10.4. The first-order chi connectivity index (χ1) is 13.3. The van der Waals surface area contributed by atoms with Crippen LogP contribution in [0, 0.1) is 0 Å². The van der Waals surface area contributed by atoms with Gasteiger partial charge in [-0.05, 0) is 48.5 Å². The predicted octanol–water partition coefficient (Wildman–Crippen LogP) is 5.67. The van der Waals surface area contributed by atoms with E-state index in [4.69, 9.17) is 4.74 Å². The monoisotopic (exact) mass is 355 g/mol. The van der Waals surface area contributed by atoms with Crippen LogP contribution < -0.4 is 15.4 Å². The third-order valence-corrected chi connectivity index (χ3v) is 3.97. The Hall–Kier alpha value is -3.86. The number of pyridine rings is 1. The molecule has 27 heavy (non-hydrogen) atoms. The average molecular weight is 355 g/mol. The Morgan fingerprint density at radius 1 is 0.741 bits per heavy atom. The topological polar surface area (TPSA) is 63.2 Å². The highest BCUT2D eigenvalue weighted by atomic mass is 16.5. The molecule has 1 heterocycles. The Kier molecular flexibility index (Phi) is 4.66. The van der Waals surface area contributed by atoms with Crippen LogP contribution in [0.15, 0.2) is 91.1 Å². The largest absolute Gasteiger partial charge is 0.457 e. The number of carbonyl (C=O) groups excluding carboxylic acids is 1. The molecule has 0 fully saturated rings. The van der Waals surface area contributed by atoms with Gasteiger partial charge in [-0.25, -0.2) is 4.79 Å². The summed E-state index contributed by atoms with van der Waals surface area (Å²) in [6, 6.07) is 25.9. The van der Waals surface area contributed by atoms with Gasteiger partial charge in [0.25, 0.3) is 0 Å². The van der Waals surface area contributed by atoms with Gasteiger partial charge in [-0.2, -0.15) is 0 Å². The number of ether oxygens (including phenoxy) is 1. The van der Waals surface area contributed by atoms with E-state index in [1.807, 2.05) is 72.8 Å². The van der Waals surface area contributed by atoms with Crippen molar-refractivity contribution in [3.8, 4) is 11.5 Å². The zero-order valence-corrected chi connectivity index (χ0v) is 14.4. The number of rotatable bonds is 4. The second kappa shape index (κ2) is 7.58. The van der Waals surface area contributed by atoms with E-state index in [0.717, 1.165) is 16.7 Å². The van der Waals surface area contributed by atoms with Crippen molar-refractivity contribution in [3.63, 3.8) is 0 Å². The molecular weight excluding hydrogens is 338 g/mol. The fourth-order valence-electron chi connectivity index (χ4n) is 2.72. The SMILES string of the molecule is O=C(Nc1ccc(Oc2ccccc2)cc1)Nc1cccc2cccnc12. The summed E-state index contributed by atoms with van der Waals surface area (Å²) >= 11 is 0. The van der Waals surface area contributed by atoms with Gasteiger partial charge in [0, 0.05) is 17.3 Å². The quantitative estimate of drug-likeness (QED) is 0.496. The molecule has 5 nitrogen and oxygen atoms in total. The van der Waals surface area contributed by atoms with E-state index in [-0.39, 0.29) is 6.03 Å². The van der Waals surface area contributed by atoms with Crippen LogP contribution >= 0.6 is 0 Å². The second-order valence-corrected chi connectivity index (χ2v) is 5.90. The lowest BCUT2D eigenvalue weighted by Gasteiger charge is -2.10. The molecule has 2 N–H and O–H groups in total. The lowest BCUT2D eigenvalue weighted by molar-refractivity contribution is 0.262. The number of amides is 2. The summed E-state index contributed by atoms with van der Waals surface area (Å²) < 4.78 is 5.75. The van der Waals surface area contributed by atoms with Crippen molar-refractivity contribution in [3.05, 3.63) is 91.1 Å². The number of fused-ring (bicyclic) bond motifs is 1. The van der Waals surface area contributed by atoms with Gasteiger partial charge < -0.3 is 15.4 Å². The number of aromatic nitrogens is 1. The number of nitrogens with zero attached hydrogens (tertiary/aromatic N) is 1. The third kappa shape index (κ3) is 4.04. The van der Waals surface area contributed by atoms with E-state index < -0.39 is 0 Å². The number of carbonyl (C=O) groups is 1. The van der Waals surface area contributed by atoms with E-state index in [2.05, 4.69) is 15.6 Å². The van der Waals surface area contributed by atoms with Crippen LogP contribution in [0.4, 0.5) is 16.2 Å². The van der Waals surface area contributed by atoms with Crippen molar-refractivity contribution >= 4 is 28.3 Å². The molecule has 2 amide bonds. The predicted molar refractivity (Wildman–Crippen MR) is 107 cm³/mol. The summed E-state index contributed by atoms with van der Waals surface area (Å²) in [4.78, 5) is 16.7. The molecule has 4 aromatic rings. The minimum absolute atomic E-state index is 0.329. The Bertz CT molecular complexity index is 1060. The minimum Gasteiger partial charge on any atom is -0.457 e. The molecular formula is C22H17N3O2. The molecule has 0 aliphatic rings. The highest BCUT2D eigenvalue weighted by molar-refractivity contribution is 6.04. The molecule has 0 aliphatic heterocycles. The first kappa shape index (κ1) is 16.6. The molecule has 0 atom stereocenters. The maximum absolute atomic E-state index is 12.3. The van der Waals surface area contributed by atoms with Gasteiger partial charge in [-0.1, -0.05) is 36.4 Å². The van der Waals surface area contributed by atoms with Crippen LogP contribution in [-0.4, -0.2) is 11.0 Å². The molecule has 1 aromatic heterocycles. The smallest absolute Gasteiger partial charge is 0.323 e. The fraction of sp³-hybridized carbons (Fsp3) is 0. The first-order valence-corrected chi connectivity index (χ1v) is 8.53. The molecule has 0 saturated heterocycles. The molecule has 0 bridgehead atoms. The van der Waals surface area contributed by atoms with Gasteiger partial charge in [0.1, 0.15) is 11.5 Å². The summed E-state index contributed by atoms with van der Waals surface area (Å²) in [5, 5.41) is 6.63. The van der Waals surface area contributed by atoms with Gasteiger partial charge in [0.2, 0.25) is 0 Å². The molecule has 0 radical (unpaired) electrons. The highest BCUT2D eigenvalue weighted by Crippen LogP contribution is 2.23. The number of benzene rings is 3. The average Bonchev–Trinajstić information content (AvgIpc) is 2.71. The fourth-order valence-corrected chi connectivity index (χ4v) is 2.72. The Morgan fingerprint density at radius 2 is 1.48 bits per heavy atom. The molecule has 0 saturated carbocycles. The number of urea groups is 1. The summed E-state index contributed by atoms with van der Waals surface area (Å²) in [7, 11) is 0. The van der Waals surface area contributed by atoms with Gasteiger partial charge in [-0.15, -0.1) is 0 Å². The molecule has 4 rings (SSSR count). The van der Waals surface area contributed by atoms with Gasteiger partial charge in [0.15, 0.2) is 0 Å². The van der Waals surface area contributed by atoms with Crippen molar-refractivity contribution in [1.29, 1.82) is 0 Å². The van der Waals surface area contributed by atoms with Crippen molar-refractivity contribution in [2.45, 2.75) is 0 Å². The van der Waals surface area contributed by atoms with Crippen LogP contribution in [-0.2, 0) is 0 Å². The number of anilines is 2. The lowest BCUT2D eigenvalue weighted by Crippen LogP contribution is -2.19. The van der Waals surface area contributed by atoms with Crippen LogP contribution in [0.3, 0.4) is 0 Å². The summed E-state index contributed by atoms with van der Waals surface area (Å²) in [5.74, 6) is 1.46. The van der Waals surface area contributed by atoms with Gasteiger partial charge in [-0.3, -0.25) is 4.98 Å². The van der Waals surface area contributed by atoms with E-state index in [0.29, 0.717) is 17.1 Å². The van der Waals surface area contributed by atoms with E-state index >= 15 is 0 Å². The Balaban J connectivity index is 1.42.